The fourth-order valence-electron chi connectivity index (χ4n) is 7.36. The largest absolute Gasteiger partial charge is 0.364 e. The SMILES string of the molecule is CON1CCC(Nc2ncc3c(n2)-c2c(c(C(N)=O)nn2C)CC3)CC1.Cn1nc(C(N)=O)c2c1-c1nc(NC3CCNCC3)ncc1CC2. The number of nitrogens with one attached hydrogen (secondary N) is 3. The van der Waals surface area contributed by atoms with Crippen molar-refractivity contribution in [1.82, 2.24) is 49.9 Å². The van der Waals surface area contributed by atoms with E-state index >= 15 is 0 Å². The van der Waals surface area contributed by atoms with E-state index in [2.05, 4.69) is 36.1 Å². The molecule has 17 heteroatoms. The molecule has 8 rings (SSSR count). The van der Waals surface area contributed by atoms with E-state index in [4.69, 9.17) is 26.3 Å². The minimum atomic E-state index is -0.498. The molecule has 0 saturated carbocycles. The fourth-order valence-corrected chi connectivity index (χ4v) is 7.36. The summed E-state index contributed by atoms with van der Waals surface area (Å²) in [6.45, 7) is 3.78. The van der Waals surface area contributed by atoms with Crippen molar-refractivity contribution in [1.29, 1.82) is 0 Å². The highest BCUT2D eigenvalue weighted by atomic mass is 16.7. The van der Waals surface area contributed by atoms with Crippen molar-refractivity contribution in [3.05, 3.63) is 46.0 Å². The number of carbonyl (C=O) groups is 2. The van der Waals surface area contributed by atoms with Crippen LogP contribution >= 0.6 is 0 Å². The fraction of sp³-hybridized carbons (Fsp3) is 0.515. The molecule has 4 aromatic rings. The topological polar surface area (TPSA) is 222 Å². The third-order valence-electron chi connectivity index (χ3n) is 9.94. The van der Waals surface area contributed by atoms with Crippen LogP contribution in [0, 0.1) is 0 Å². The van der Waals surface area contributed by atoms with Gasteiger partial charge in [-0.1, -0.05) is 0 Å². The van der Waals surface area contributed by atoms with E-state index < -0.39 is 11.8 Å². The summed E-state index contributed by atoms with van der Waals surface area (Å²) in [5.74, 6) is 0.254. The van der Waals surface area contributed by atoms with Gasteiger partial charge in [-0.05, 0) is 75.6 Å². The third kappa shape index (κ3) is 6.63. The Bertz CT molecular complexity index is 1910. The molecular formula is C33H44N14O3. The van der Waals surface area contributed by atoms with Gasteiger partial charge in [-0.15, -0.1) is 0 Å². The summed E-state index contributed by atoms with van der Waals surface area (Å²) in [5, 5.41) is 20.7. The maximum atomic E-state index is 11.7. The lowest BCUT2D eigenvalue weighted by Gasteiger charge is -2.30. The van der Waals surface area contributed by atoms with Gasteiger partial charge in [0.05, 0.1) is 29.9 Å². The standard InChI is InChI=1S/C17H23N7O2.C16H21N7O/c1-23-15-12(14(22-23)16(18)25)4-3-10-9-19-17(21-13(10)15)20-11-5-7-24(26-2)8-6-11;1-23-14-11(13(22-23)15(17)24)3-2-9-8-19-16(21-12(9)14)20-10-4-6-18-7-5-10/h9,11H,3-8H2,1-2H3,(H2,18,25)(H,19,20,21);8,10,18H,2-7H2,1H3,(H2,17,24)(H,19,20,21). The summed E-state index contributed by atoms with van der Waals surface area (Å²) in [4.78, 5) is 47.0. The number of aromatic nitrogens is 8. The lowest BCUT2D eigenvalue weighted by atomic mass is 9.93. The van der Waals surface area contributed by atoms with Crippen molar-refractivity contribution in [3.63, 3.8) is 0 Å². The molecule has 17 nitrogen and oxygen atoms in total. The Morgan fingerprint density at radius 3 is 1.66 bits per heavy atom. The second-order valence-electron chi connectivity index (χ2n) is 13.2. The molecular weight excluding hydrogens is 640 g/mol. The Labute approximate surface area is 289 Å². The van der Waals surface area contributed by atoms with E-state index in [-0.39, 0.29) is 0 Å². The summed E-state index contributed by atoms with van der Waals surface area (Å²) >= 11 is 0. The molecule has 7 N–H and O–H groups in total. The van der Waals surface area contributed by atoms with Crippen molar-refractivity contribution in [2.24, 2.45) is 25.6 Å². The van der Waals surface area contributed by atoms with Gasteiger partial charge >= 0.3 is 0 Å². The molecule has 50 heavy (non-hydrogen) atoms. The number of hydrogen-bond donors (Lipinski definition) is 5. The number of aryl methyl sites for hydroxylation is 4. The number of anilines is 2. The molecule has 0 radical (unpaired) electrons. The molecule has 2 aliphatic heterocycles. The van der Waals surface area contributed by atoms with E-state index in [9.17, 15) is 9.59 Å². The normalized spacial score (nSPS) is 17.4. The quantitative estimate of drug-likeness (QED) is 0.182. The summed E-state index contributed by atoms with van der Waals surface area (Å²) < 4.78 is 3.40. The predicted octanol–water partition coefficient (Wildman–Crippen LogP) is 0.751. The number of nitrogens with zero attached hydrogens (tertiary/aromatic N) is 9. The monoisotopic (exact) mass is 684 g/mol. The molecule has 0 unspecified atom stereocenters. The zero-order chi connectivity index (χ0) is 34.9. The lowest BCUT2D eigenvalue weighted by molar-refractivity contribution is -0.142. The van der Waals surface area contributed by atoms with Gasteiger partial charge in [0.1, 0.15) is 0 Å². The van der Waals surface area contributed by atoms with Crippen LogP contribution in [-0.2, 0) is 44.6 Å². The Balaban J connectivity index is 0.000000157. The number of nitrogens with two attached hydrogens (primary N) is 2. The minimum absolute atomic E-state index is 0.315. The van der Waals surface area contributed by atoms with E-state index in [0.29, 0.717) is 35.4 Å². The second kappa shape index (κ2) is 14.1. The number of amides is 2. The molecule has 4 aliphatic rings. The van der Waals surface area contributed by atoms with E-state index in [1.54, 1.807) is 16.5 Å². The predicted molar refractivity (Wildman–Crippen MR) is 185 cm³/mol. The number of hydroxylamine groups is 2. The van der Waals surface area contributed by atoms with Gasteiger partial charge in [0.15, 0.2) is 11.4 Å². The first-order valence-electron chi connectivity index (χ1n) is 17.2. The lowest BCUT2D eigenvalue weighted by Crippen LogP contribution is -2.38. The van der Waals surface area contributed by atoms with Crippen LogP contribution in [0.3, 0.4) is 0 Å². The molecule has 2 saturated heterocycles. The van der Waals surface area contributed by atoms with Gasteiger partial charge in [0.2, 0.25) is 11.9 Å². The molecule has 2 amide bonds. The molecule has 0 aromatic carbocycles. The van der Waals surface area contributed by atoms with Crippen LogP contribution in [0.4, 0.5) is 11.9 Å². The van der Waals surface area contributed by atoms with Gasteiger partial charge in [0, 0.05) is 62.8 Å². The van der Waals surface area contributed by atoms with Crippen LogP contribution in [0.2, 0.25) is 0 Å². The summed E-state index contributed by atoms with van der Waals surface area (Å²) in [5.41, 5.74) is 19.0. The summed E-state index contributed by atoms with van der Waals surface area (Å²) in [6.07, 6.45) is 10.8. The van der Waals surface area contributed by atoms with Gasteiger partial charge in [-0.3, -0.25) is 19.0 Å². The summed E-state index contributed by atoms with van der Waals surface area (Å²) in [6, 6.07) is 0.704. The number of carbonyl (C=O) groups excluding carboxylic acids is 2. The maximum absolute atomic E-state index is 11.7. The molecule has 2 fully saturated rings. The Morgan fingerprint density at radius 1 is 0.760 bits per heavy atom. The van der Waals surface area contributed by atoms with Crippen molar-refractivity contribution < 1.29 is 14.4 Å². The molecule has 6 heterocycles. The second-order valence-corrected chi connectivity index (χ2v) is 13.2. The van der Waals surface area contributed by atoms with Crippen molar-refractivity contribution in [2.75, 3.05) is 43.9 Å². The van der Waals surface area contributed by atoms with Crippen molar-refractivity contribution >= 4 is 23.7 Å². The van der Waals surface area contributed by atoms with E-state index in [1.165, 1.54) is 0 Å². The number of fused-ring (bicyclic) bond motifs is 6. The highest BCUT2D eigenvalue weighted by molar-refractivity contribution is 5.95. The van der Waals surface area contributed by atoms with E-state index in [1.807, 2.05) is 31.6 Å². The highest BCUT2D eigenvalue weighted by Crippen LogP contribution is 2.35. The average Bonchev–Trinajstić information content (AvgIpc) is 3.66. The first-order valence-corrected chi connectivity index (χ1v) is 17.2. The Morgan fingerprint density at radius 2 is 1.22 bits per heavy atom. The van der Waals surface area contributed by atoms with Crippen LogP contribution in [0.15, 0.2) is 12.4 Å². The molecule has 0 spiro atoms. The van der Waals surface area contributed by atoms with Crippen LogP contribution in [0.5, 0.6) is 0 Å². The average molecular weight is 685 g/mol. The number of primary amides is 2. The molecule has 0 atom stereocenters. The van der Waals surface area contributed by atoms with Crippen LogP contribution in [0.1, 0.15) is 68.9 Å². The smallest absolute Gasteiger partial charge is 0.269 e. The summed E-state index contributed by atoms with van der Waals surface area (Å²) in [7, 11) is 5.34. The van der Waals surface area contributed by atoms with Gasteiger partial charge < -0.3 is 32.3 Å². The minimum Gasteiger partial charge on any atom is -0.364 e. The van der Waals surface area contributed by atoms with Gasteiger partial charge in [-0.25, -0.2) is 19.9 Å². The van der Waals surface area contributed by atoms with Crippen LogP contribution in [0.25, 0.3) is 22.8 Å². The first-order chi connectivity index (χ1) is 24.2. The van der Waals surface area contributed by atoms with Gasteiger partial charge in [0.25, 0.3) is 11.8 Å². The first kappa shape index (κ1) is 33.5. The Hall–Kier alpha value is -5.00. The van der Waals surface area contributed by atoms with Gasteiger partial charge in [-0.2, -0.15) is 15.3 Å². The number of piperidine rings is 2. The zero-order valence-electron chi connectivity index (χ0n) is 28.7. The third-order valence-corrected chi connectivity index (χ3v) is 9.94. The van der Waals surface area contributed by atoms with Crippen molar-refractivity contribution in [2.45, 2.75) is 63.5 Å². The number of hydrogen-bond acceptors (Lipinski definition) is 13. The molecule has 4 aromatic heterocycles. The highest BCUT2D eigenvalue weighted by Gasteiger charge is 2.30. The maximum Gasteiger partial charge on any atom is 0.269 e. The zero-order valence-corrected chi connectivity index (χ0v) is 28.7. The molecule has 0 bridgehead atoms. The molecule has 264 valence electrons. The van der Waals surface area contributed by atoms with Crippen LogP contribution in [-0.4, -0.2) is 102 Å². The number of rotatable bonds is 7. The van der Waals surface area contributed by atoms with E-state index in [0.717, 1.165) is 123 Å². The van der Waals surface area contributed by atoms with Crippen molar-refractivity contribution in [3.8, 4) is 22.8 Å². The molecule has 2 aliphatic carbocycles. The Kier molecular flexibility index (Phi) is 9.44. The van der Waals surface area contributed by atoms with Crippen LogP contribution < -0.4 is 27.4 Å².